The first-order valence-corrected chi connectivity index (χ1v) is 6.97. The van der Waals surface area contributed by atoms with Crippen molar-refractivity contribution in [3.63, 3.8) is 0 Å². The highest BCUT2D eigenvalue weighted by Gasteiger charge is 2.29. The minimum Gasteiger partial charge on any atom is -0.394 e. The van der Waals surface area contributed by atoms with Crippen molar-refractivity contribution in [2.45, 2.75) is 44.9 Å². The van der Waals surface area contributed by atoms with Gasteiger partial charge in [-0.1, -0.05) is 20.8 Å². The Kier molecular flexibility index (Phi) is 6.13. The third-order valence-electron chi connectivity index (χ3n) is 2.94. The molecule has 0 saturated carbocycles. The normalized spacial score (nSPS) is 14.0. The lowest BCUT2D eigenvalue weighted by Gasteiger charge is -2.27. The van der Waals surface area contributed by atoms with Crippen LogP contribution in [0.3, 0.4) is 0 Å². The molecule has 0 amide bonds. The Hall–Kier alpha value is -1.41. The molecular formula is C14H22F3N3O2. The van der Waals surface area contributed by atoms with Gasteiger partial charge in [0.05, 0.1) is 19.1 Å². The molecule has 0 unspecified atom stereocenters. The molecule has 1 atom stereocenters. The van der Waals surface area contributed by atoms with Crippen molar-refractivity contribution in [2.75, 3.05) is 24.6 Å². The Bertz CT molecular complexity index is 475. The Labute approximate surface area is 127 Å². The van der Waals surface area contributed by atoms with Gasteiger partial charge in [-0.2, -0.15) is 13.2 Å². The van der Waals surface area contributed by atoms with Crippen LogP contribution in [0.15, 0.2) is 12.3 Å². The van der Waals surface area contributed by atoms with Crippen molar-refractivity contribution in [3.05, 3.63) is 18.1 Å². The fourth-order valence-electron chi connectivity index (χ4n) is 1.76. The molecule has 0 aliphatic carbocycles. The number of aliphatic hydroxyl groups excluding tert-OH is 2. The molecule has 0 fully saturated rings. The monoisotopic (exact) mass is 321 g/mol. The van der Waals surface area contributed by atoms with E-state index in [1.807, 2.05) is 20.8 Å². The molecule has 5 nitrogen and oxygen atoms in total. The molecule has 0 aromatic carbocycles. The molecule has 0 saturated heterocycles. The number of hydrogen-bond acceptors (Lipinski definition) is 5. The fourth-order valence-corrected chi connectivity index (χ4v) is 1.76. The van der Waals surface area contributed by atoms with Crippen LogP contribution in [0.1, 0.15) is 33.0 Å². The molecule has 126 valence electrons. The number of anilines is 1. The number of aromatic nitrogens is 2. The summed E-state index contributed by atoms with van der Waals surface area (Å²) in [5.74, 6) is 0.803. The second kappa shape index (κ2) is 7.23. The van der Waals surface area contributed by atoms with E-state index in [2.05, 4.69) is 9.97 Å². The van der Waals surface area contributed by atoms with Crippen LogP contribution >= 0.6 is 0 Å². The Morgan fingerprint density at radius 3 is 2.41 bits per heavy atom. The Morgan fingerprint density at radius 2 is 1.91 bits per heavy atom. The number of alkyl halides is 3. The summed E-state index contributed by atoms with van der Waals surface area (Å²) in [6.45, 7) is 4.69. The molecule has 1 aromatic rings. The molecule has 8 heteroatoms. The van der Waals surface area contributed by atoms with Crippen LogP contribution in [0, 0.1) is 0 Å². The van der Waals surface area contributed by atoms with E-state index >= 15 is 0 Å². The van der Waals surface area contributed by atoms with Gasteiger partial charge in [0.1, 0.15) is 11.6 Å². The summed E-state index contributed by atoms with van der Waals surface area (Å²) in [5, 5.41) is 18.4. The predicted octanol–water partition coefficient (Wildman–Crippen LogP) is 1.89. The van der Waals surface area contributed by atoms with Gasteiger partial charge in [0, 0.05) is 24.7 Å². The van der Waals surface area contributed by atoms with Crippen LogP contribution in [0.4, 0.5) is 19.0 Å². The minimum atomic E-state index is -4.30. The maximum atomic E-state index is 12.4. The summed E-state index contributed by atoms with van der Waals surface area (Å²) in [5.41, 5.74) is -0.346. The molecular weight excluding hydrogens is 299 g/mol. The summed E-state index contributed by atoms with van der Waals surface area (Å²) in [4.78, 5) is 9.73. The van der Waals surface area contributed by atoms with Crippen LogP contribution in [0.5, 0.6) is 0 Å². The van der Waals surface area contributed by atoms with E-state index in [4.69, 9.17) is 5.11 Å². The van der Waals surface area contributed by atoms with Crippen molar-refractivity contribution in [3.8, 4) is 0 Å². The minimum absolute atomic E-state index is 0.132. The summed E-state index contributed by atoms with van der Waals surface area (Å²) in [7, 11) is 0. The molecule has 0 radical (unpaired) electrons. The maximum Gasteiger partial charge on any atom is 0.390 e. The van der Waals surface area contributed by atoms with Gasteiger partial charge in [0.25, 0.3) is 0 Å². The third-order valence-corrected chi connectivity index (χ3v) is 2.94. The average molecular weight is 321 g/mol. The largest absolute Gasteiger partial charge is 0.394 e. The van der Waals surface area contributed by atoms with Crippen LogP contribution in [-0.4, -0.2) is 52.2 Å². The van der Waals surface area contributed by atoms with E-state index < -0.39 is 25.3 Å². The van der Waals surface area contributed by atoms with Crippen molar-refractivity contribution in [2.24, 2.45) is 0 Å². The smallest absolute Gasteiger partial charge is 0.390 e. The SMILES string of the molecule is CC(C)(C)c1nccc(N(CCC(F)(F)F)C[C@H](O)CO)n1. The van der Waals surface area contributed by atoms with Gasteiger partial charge in [-0.3, -0.25) is 0 Å². The number of nitrogens with zero attached hydrogens (tertiary/aromatic N) is 3. The van der Waals surface area contributed by atoms with Gasteiger partial charge in [-0.25, -0.2) is 9.97 Å². The van der Waals surface area contributed by atoms with Gasteiger partial charge >= 0.3 is 6.18 Å². The average Bonchev–Trinajstić information content (AvgIpc) is 2.41. The summed E-state index contributed by atoms with van der Waals surface area (Å²) >= 11 is 0. The maximum absolute atomic E-state index is 12.4. The first-order chi connectivity index (χ1) is 10.0. The quantitative estimate of drug-likeness (QED) is 0.837. The molecule has 1 heterocycles. The number of hydrogen-bond donors (Lipinski definition) is 2. The van der Waals surface area contributed by atoms with Gasteiger partial charge in [0.15, 0.2) is 0 Å². The second-order valence-corrected chi connectivity index (χ2v) is 6.14. The lowest BCUT2D eigenvalue weighted by molar-refractivity contribution is -0.132. The zero-order valence-electron chi connectivity index (χ0n) is 12.9. The third kappa shape index (κ3) is 6.15. The Balaban J connectivity index is 2.99. The van der Waals surface area contributed by atoms with E-state index in [9.17, 15) is 18.3 Å². The van der Waals surface area contributed by atoms with Gasteiger partial charge < -0.3 is 15.1 Å². The summed E-state index contributed by atoms with van der Waals surface area (Å²) < 4.78 is 37.3. The van der Waals surface area contributed by atoms with Crippen LogP contribution in [-0.2, 0) is 5.41 Å². The standard InChI is InChI=1S/C14H22F3N3O2/c1-13(2,3)12-18-6-4-11(19-12)20(8-10(22)9-21)7-5-14(15,16)17/h4,6,10,21-22H,5,7-9H2,1-3H3/t10-/m0/s1. The van der Waals surface area contributed by atoms with E-state index in [1.54, 1.807) is 0 Å². The van der Waals surface area contributed by atoms with Crippen molar-refractivity contribution in [1.29, 1.82) is 0 Å². The molecule has 2 N–H and O–H groups in total. The highest BCUT2D eigenvalue weighted by Crippen LogP contribution is 2.24. The van der Waals surface area contributed by atoms with Crippen LogP contribution in [0.25, 0.3) is 0 Å². The van der Waals surface area contributed by atoms with E-state index in [-0.39, 0.29) is 18.5 Å². The first-order valence-electron chi connectivity index (χ1n) is 6.97. The van der Waals surface area contributed by atoms with E-state index in [0.29, 0.717) is 11.6 Å². The van der Waals surface area contributed by atoms with Crippen LogP contribution < -0.4 is 4.90 Å². The predicted molar refractivity (Wildman–Crippen MR) is 76.7 cm³/mol. The molecule has 22 heavy (non-hydrogen) atoms. The Morgan fingerprint density at radius 1 is 1.27 bits per heavy atom. The number of aliphatic hydroxyl groups is 2. The summed E-state index contributed by atoms with van der Waals surface area (Å²) in [6, 6.07) is 1.50. The zero-order chi connectivity index (χ0) is 17.0. The highest BCUT2D eigenvalue weighted by atomic mass is 19.4. The lowest BCUT2D eigenvalue weighted by Crippen LogP contribution is -2.37. The zero-order valence-corrected chi connectivity index (χ0v) is 12.9. The number of rotatable bonds is 6. The van der Waals surface area contributed by atoms with Crippen molar-refractivity contribution in [1.82, 2.24) is 9.97 Å². The molecule has 0 aliphatic rings. The van der Waals surface area contributed by atoms with Crippen molar-refractivity contribution < 1.29 is 23.4 Å². The van der Waals surface area contributed by atoms with Gasteiger partial charge in [0.2, 0.25) is 0 Å². The molecule has 0 aliphatic heterocycles. The molecule has 0 spiro atoms. The molecule has 1 aromatic heterocycles. The highest BCUT2D eigenvalue weighted by molar-refractivity contribution is 5.38. The molecule has 1 rings (SSSR count). The second-order valence-electron chi connectivity index (χ2n) is 6.14. The van der Waals surface area contributed by atoms with Crippen LogP contribution in [0.2, 0.25) is 0 Å². The molecule has 0 bridgehead atoms. The van der Waals surface area contributed by atoms with Gasteiger partial charge in [-0.05, 0) is 6.07 Å². The first kappa shape index (κ1) is 18.6. The van der Waals surface area contributed by atoms with E-state index in [0.717, 1.165) is 0 Å². The number of halogens is 3. The lowest BCUT2D eigenvalue weighted by atomic mass is 9.96. The fraction of sp³-hybridized carbons (Fsp3) is 0.714. The topological polar surface area (TPSA) is 69.5 Å². The van der Waals surface area contributed by atoms with E-state index in [1.165, 1.54) is 17.2 Å². The summed E-state index contributed by atoms with van der Waals surface area (Å²) in [6.07, 6.45) is -4.99. The van der Waals surface area contributed by atoms with Gasteiger partial charge in [-0.15, -0.1) is 0 Å². The van der Waals surface area contributed by atoms with Crippen molar-refractivity contribution >= 4 is 5.82 Å².